The van der Waals surface area contributed by atoms with Gasteiger partial charge in [0.05, 0.1) is 13.1 Å². The van der Waals surface area contributed by atoms with Crippen LogP contribution in [0.25, 0.3) is 0 Å². The fourth-order valence-electron chi connectivity index (χ4n) is 3.34. The van der Waals surface area contributed by atoms with Crippen LogP contribution in [0.15, 0.2) is 0 Å². The number of likely N-dealkylation sites (N-methyl/N-ethyl adjacent to an activating group) is 1. The summed E-state index contributed by atoms with van der Waals surface area (Å²) >= 11 is 0. The second-order valence-electron chi connectivity index (χ2n) is 8.92. The van der Waals surface area contributed by atoms with Crippen LogP contribution in [0.2, 0.25) is 0 Å². The summed E-state index contributed by atoms with van der Waals surface area (Å²) in [4.78, 5) is 43.0. The van der Waals surface area contributed by atoms with E-state index in [9.17, 15) is 19.5 Å². The van der Waals surface area contributed by atoms with Gasteiger partial charge >= 0.3 is 5.97 Å². The fourth-order valence-corrected chi connectivity index (χ4v) is 3.34. The van der Waals surface area contributed by atoms with Crippen LogP contribution in [-0.2, 0) is 19.1 Å². The van der Waals surface area contributed by atoms with Gasteiger partial charge in [0.15, 0.2) is 5.78 Å². The Morgan fingerprint density at radius 2 is 1.37 bits per heavy atom. The number of aliphatic carboxylic acids is 1. The molecule has 0 aromatic carbocycles. The Kier molecular flexibility index (Phi) is 12.1. The number of carbonyl (C=O) groups excluding carboxylic acids is 2. The molecule has 0 amide bonds. The summed E-state index contributed by atoms with van der Waals surface area (Å²) in [5, 5.41) is 9.29. The lowest BCUT2D eigenvalue weighted by molar-refractivity contribution is -0.138. The smallest absolute Gasteiger partial charge is 0.317 e. The SMILES string of the molecule is CCN1CCN(COC=O)CCCN(CC(=O)C(C)(C)C)CCN(CC(=O)O)CC1. The molecule has 0 spiro atoms. The number of rotatable bonds is 8. The van der Waals surface area contributed by atoms with E-state index in [-0.39, 0.29) is 19.1 Å². The van der Waals surface area contributed by atoms with Gasteiger partial charge in [0.1, 0.15) is 6.73 Å². The summed E-state index contributed by atoms with van der Waals surface area (Å²) in [7, 11) is 0. The van der Waals surface area contributed by atoms with Gasteiger partial charge in [-0.3, -0.25) is 29.1 Å². The minimum Gasteiger partial charge on any atom is -0.480 e. The summed E-state index contributed by atoms with van der Waals surface area (Å²) in [6.45, 7) is 15.6. The van der Waals surface area contributed by atoms with Crippen LogP contribution in [0.4, 0.5) is 0 Å². The van der Waals surface area contributed by atoms with Gasteiger partial charge < -0.3 is 14.7 Å². The molecule has 1 fully saturated rings. The second-order valence-corrected chi connectivity index (χ2v) is 8.92. The highest BCUT2D eigenvalue weighted by atomic mass is 16.5. The van der Waals surface area contributed by atoms with E-state index in [1.165, 1.54) is 0 Å². The molecule has 1 heterocycles. The number of ketones is 1. The van der Waals surface area contributed by atoms with Crippen LogP contribution >= 0.6 is 0 Å². The van der Waals surface area contributed by atoms with E-state index < -0.39 is 11.4 Å². The molecule has 9 nitrogen and oxygen atoms in total. The van der Waals surface area contributed by atoms with Crippen molar-refractivity contribution < 1.29 is 24.2 Å². The summed E-state index contributed by atoms with van der Waals surface area (Å²) < 4.78 is 4.97. The van der Waals surface area contributed by atoms with Crippen LogP contribution < -0.4 is 0 Å². The Labute approximate surface area is 180 Å². The summed E-state index contributed by atoms with van der Waals surface area (Å²) in [5.74, 6) is -0.660. The van der Waals surface area contributed by atoms with Gasteiger partial charge in [0.2, 0.25) is 0 Å². The number of Topliss-reactive ketones (excluding diaryl/α,β-unsaturated/α-hetero) is 1. The van der Waals surface area contributed by atoms with E-state index in [4.69, 9.17) is 4.74 Å². The minimum atomic E-state index is -0.836. The molecule has 0 bridgehead atoms. The van der Waals surface area contributed by atoms with E-state index in [1.807, 2.05) is 25.7 Å². The minimum absolute atomic E-state index is 0.00207. The maximum atomic E-state index is 12.6. The Balaban J connectivity index is 2.89. The Bertz CT molecular complexity index is 538. The highest BCUT2D eigenvalue weighted by Crippen LogP contribution is 2.15. The van der Waals surface area contributed by atoms with Crippen LogP contribution in [0.1, 0.15) is 34.1 Å². The molecule has 1 aliphatic heterocycles. The first-order valence-electron chi connectivity index (χ1n) is 10.9. The molecule has 174 valence electrons. The molecule has 1 saturated heterocycles. The highest BCUT2D eigenvalue weighted by Gasteiger charge is 2.24. The lowest BCUT2D eigenvalue weighted by atomic mass is 9.90. The number of carbonyl (C=O) groups is 3. The first kappa shape index (κ1) is 26.5. The molecule has 0 aromatic heterocycles. The third-order valence-electron chi connectivity index (χ3n) is 5.48. The molecule has 0 radical (unpaired) electrons. The first-order chi connectivity index (χ1) is 14.2. The molecule has 1 rings (SSSR count). The molecule has 0 aliphatic carbocycles. The van der Waals surface area contributed by atoms with E-state index in [1.54, 1.807) is 0 Å². The Morgan fingerprint density at radius 3 is 1.87 bits per heavy atom. The maximum Gasteiger partial charge on any atom is 0.317 e. The number of carboxylic acids is 1. The zero-order valence-electron chi connectivity index (χ0n) is 19.1. The largest absolute Gasteiger partial charge is 0.480 e. The maximum absolute atomic E-state index is 12.6. The van der Waals surface area contributed by atoms with E-state index >= 15 is 0 Å². The van der Waals surface area contributed by atoms with E-state index in [0.29, 0.717) is 32.7 Å². The molecule has 30 heavy (non-hydrogen) atoms. The third-order valence-corrected chi connectivity index (χ3v) is 5.48. The first-order valence-corrected chi connectivity index (χ1v) is 10.9. The molecule has 9 heteroatoms. The standard InChI is InChI=1S/C21H40N4O5/c1-5-22-9-11-24(16-20(28)29)13-12-23(15-19(27)21(2,3)4)7-6-8-25(14-10-22)17-30-18-26/h18H,5-17H2,1-4H3,(H,28,29). The van der Waals surface area contributed by atoms with Crippen molar-refractivity contribution in [3.05, 3.63) is 0 Å². The molecular weight excluding hydrogens is 388 g/mol. The Hall–Kier alpha value is -1.55. The topological polar surface area (TPSA) is 93.6 Å². The van der Waals surface area contributed by atoms with E-state index in [2.05, 4.69) is 21.6 Å². The van der Waals surface area contributed by atoms with Gasteiger partial charge in [-0.2, -0.15) is 0 Å². The number of ether oxygens (including phenoxy) is 1. The second kappa shape index (κ2) is 13.7. The third kappa shape index (κ3) is 11.0. The summed E-state index contributed by atoms with van der Waals surface area (Å²) in [5.41, 5.74) is -0.409. The van der Waals surface area contributed by atoms with Crippen molar-refractivity contribution in [2.45, 2.75) is 34.1 Å². The average Bonchev–Trinajstić information content (AvgIpc) is 2.68. The van der Waals surface area contributed by atoms with Crippen molar-refractivity contribution in [3.63, 3.8) is 0 Å². The normalized spacial score (nSPS) is 20.0. The molecule has 0 saturated carbocycles. The van der Waals surface area contributed by atoms with Crippen molar-refractivity contribution >= 4 is 18.2 Å². The zero-order chi connectivity index (χ0) is 22.6. The number of hydrogen-bond acceptors (Lipinski definition) is 8. The monoisotopic (exact) mass is 428 g/mol. The molecule has 0 unspecified atom stereocenters. The van der Waals surface area contributed by atoms with Crippen LogP contribution in [-0.4, -0.2) is 122 Å². The van der Waals surface area contributed by atoms with Gasteiger partial charge in [0.25, 0.3) is 6.47 Å². The predicted molar refractivity (Wildman–Crippen MR) is 115 cm³/mol. The van der Waals surface area contributed by atoms with Crippen LogP contribution in [0.5, 0.6) is 0 Å². The van der Waals surface area contributed by atoms with Gasteiger partial charge in [-0.05, 0) is 19.5 Å². The van der Waals surface area contributed by atoms with E-state index in [0.717, 1.165) is 45.7 Å². The quantitative estimate of drug-likeness (QED) is 0.553. The van der Waals surface area contributed by atoms with Crippen molar-refractivity contribution in [1.29, 1.82) is 0 Å². The predicted octanol–water partition coefficient (Wildman–Crippen LogP) is 0.448. The van der Waals surface area contributed by atoms with Crippen molar-refractivity contribution in [3.8, 4) is 0 Å². The fraction of sp³-hybridized carbons (Fsp3) is 0.857. The van der Waals surface area contributed by atoms with Gasteiger partial charge in [-0.1, -0.05) is 27.7 Å². The highest BCUT2D eigenvalue weighted by molar-refractivity contribution is 5.85. The van der Waals surface area contributed by atoms with Crippen molar-refractivity contribution in [2.24, 2.45) is 5.41 Å². The van der Waals surface area contributed by atoms with Crippen molar-refractivity contribution in [2.75, 3.05) is 78.7 Å². The lowest BCUT2D eigenvalue weighted by Crippen LogP contribution is -2.44. The molecule has 0 atom stereocenters. The number of hydrogen-bond donors (Lipinski definition) is 1. The molecule has 1 N–H and O–H groups in total. The lowest BCUT2D eigenvalue weighted by Gasteiger charge is -2.29. The summed E-state index contributed by atoms with van der Waals surface area (Å²) in [6.07, 6.45) is 0.838. The van der Waals surface area contributed by atoms with Gasteiger partial charge in [-0.15, -0.1) is 0 Å². The van der Waals surface area contributed by atoms with Crippen LogP contribution in [0.3, 0.4) is 0 Å². The molecule has 1 aliphatic rings. The van der Waals surface area contributed by atoms with Crippen molar-refractivity contribution in [1.82, 2.24) is 19.6 Å². The Morgan fingerprint density at radius 1 is 0.867 bits per heavy atom. The zero-order valence-corrected chi connectivity index (χ0v) is 19.1. The summed E-state index contributed by atoms with van der Waals surface area (Å²) in [6, 6.07) is 0. The molecular formula is C21H40N4O5. The van der Waals surface area contributed by atoms with Crippen LogP contribution in [0, 0.1) is 5.41 Å². The molecule has 0 aromatic rings. The van der Waals surface area contributed by atoms with Gasteiger partial charge in [0, 0.05) is 51.2 Å². The average molecular weight is 429 g/mol. The number of nitrogens with zero attached hydrogens (tertiary/aromatic N) is 4. The van der Waals surface area contributed by atoms with Gasteiger partial charge in [-0.25, -0.2) is 0 Å². The number of carboxylic acid groups (broad SMARTS) is 1.